The molecular formula is C23H21F3NO9-. The summed E-state index contributed by atoms with van der Waals surface area (Å²) in [6.07, 6.45) is -5.91. The molecule has 0 unspecified atom stereocenters. The van der Waals surface area contributed by atoms with Crippen LogP contribution in [0, 0.1) is 0 Å². The molecule has 0 spiro atoms. The van der Waals surface area contributed by atoms with Crippen molar-refractivity contribution in [3.63, 3.8) is 0 Å². The summed E-state index contributed by atoms with van der Waals surface area (Å²) < 4.78 is 56.4. The van der Waals surface area contributed by atoms with Crippen LogP contribution in [0.15, 0.2) is 45.6 Å². The number of hydrogen-bond acceptors (Lipinski definition) is 9. The average molecular weight is 512 g/mol. The molecule has 1 aromatic heterocycles. The van der Waals surface area contributed by atoms with Crippen LogP contribution in [-0.2, 0) is 22.3 Å². The van der Waals surface area contributed by atoms with Crippen molar-refractivity contribution in [2.45, 2.75) is 19.1 Å². The number of ether oxygens (including phenoxy) is 2. The number of fused-ring (bicyclic) bond motifs is 1. The second-order valence-electron chi connectivity index (χ2n) is 7.49. The number of hydrogen-bond donors (Lipinski definition) is 2. The highest BCUT2D eigenvalue weighted by atomic mass is 19.4. The van der Waals surface area contributed by atoms with Crippen LogP contribution in [0.3, 0.4) is 0 Å². The lowest BCUT2D eigenvalue weighted by Gasteiger charge is -2.17. The normalized spacial score (nSPS) is 11.1. The first-order valence-electron chi connectivity index (χ1n) is 10.0. The van der Waals surface area contributed by atoms with E-state index in [4.69, 9.17) is 19.0 Å². The molecule has 36 heavy (non-hydrogen) atoms. The standard InChI is InChI=1S/C20H18F3NO5.C3H4O4/c1-24(2)10-14-15(25)9-8-13-16(26)18(19(20(21,22)23)29-17(13)14)28-12-6-4-11(27-3)5-7-12;4-2(5)1-3(6)7/h4-9,25H,10H2,1-3H3;1H2,(H,4,5)(H,6,7)/p-1. The van der Waals surface area contributed by atoms with E-state index in [1.54, 1.807) is 19.0 Å². The van der Waals surface area contributed by atoms with Crippen molar-refractivity contribution < 1.29 is 52.0 Å². The van der Waals surface area contributed by atoms with Gasteiger partial charge in [0.05, 0.1) is 30.4 Å². The zero-order valence-electron chi connectivity index (χ0n) is 19.2. The number of carboxylic acids is 2. The number of aliphatic carboxylic acids is 2. The number of phenolic OH excluding ortho intramolecular Hbond substituents is 1. The van der Waals surface area contributed by atoms with E-state index in [2.05, 4.69) is 0 Å². The third-order valence-corrected chi connectivity index (χ3v) is 4.40. The van der Waals surface area contributed by atoms with Gasteiger partial charge in [-0.1, -0.05) is 0 Å². The average Bonchev–Trinajstić information content (AvgIpc) is 2.76. The van der Waals surface area contributed by atoms with E-state index in [0.29, 0.717) is 5.75 Å². The second kappa shape index (κ2) is 11.4. The number of nitrogens with zero attached hydrogens (tertiary/aromatic N) is 1. The van der Waals surface area contributed by atoms with Crippen molar-refractivity contribution in [1.29, 1.82) is 0 Å². The number of benzene rings is 2. The molecule has 0 radical (unpaired) electrons. The maximum absolute atomic E-state index is 13.7. The number of methoxy groups -OCH3 is 1. The van der Waals surface area contributed by atoms with Gasteiger partial charge < -0.3 is 38.9 Å². The van der Waals surface area contributed by atoms with Gasteiger partial charge >= 0.3 is 12.1 Å². The minimum Gasteiger partial charge on any atom is -0.550 e. The van der Waals surface area contributed by atoms with Gasteiger partial charge in [-0.15, -0.1) is 0 Å². The van der Waals surface area contributed by atoms with Gasteiger partial charge in [0.15, 0.2) is 0 Å². The third-order valence-electron chi connectivity index (χ3n) is 4.40. The zero-order valence-corrected chi connectivity index (χ0v) is 19.2. The summed E-state index contributed by atoms with van der Waals surface area (Å²) in [5.74, 6) is -5.27. The lowest BCUT2D eigenvalue weighted by Crippen LogP contribution is -2.24. The summed E-state index contributed by atoms with van der Waals surface area (Å²) in [5.41, 5.74) is -1.25. The van der Waals surface area contributed by atoms with Gasteiger partial charge in [-0.25, -0.2) is 0 Å². The minimum atomic E-state index is -4.99. The van der Waals surface area contributed by atoms with Crippen molar-refractivity contribution in [2.24, 2.45) is 0 Å². The Kier molecular flexibility index (Phi) is 8.90. The van der Waals surface area contributed by atoms with Crippen LogP contribution < -0.4 is 20.0 Å². The third kappa shape index (κ3) is 7.12. The van der Waals surface area contributed by atoms with Crippen LogP contribution in [0.1, 0.15) is 17.7 Å². The SMILES string of the molecule is COc1ccc(Oc2c(C(F)(F)F)oc3c(CN(C)C)c(O)ccc3c2=O)cc1.O=C([O-])CC(=O)O. The number of rotatable bonds is 7. The first-order valence-corrected chi connectivity index (χ1v) is 10.0. The number of halogens is 3. The molecule has 194 valence electrons. The Bertz CT molecular complexity index is 1290. The molecule has 0 aliphatic rings. The van der Waals surface area contributed by atoms with Crippen molar-refractivity contribution in [3.8, 4) is 23.0 Å². The fourth-order valence-electron chi connectivity index (χ4n) is 2.92. The molecule has 0 fully saturated rings. The molecule has 10 nitrogen and oxygen atoms in total. The van der Waals surface area contributed by atoms with Crippen molar-refractivity contribution >= 4 is 22.9 Å². The summed E-state index contributed by atoms with van der Waals surface area (Å²) in [6.45, 7) is 0.0715. The molecule has 1 heterocycles. The van der Waals surface area contributed by atoms with Crippen molar-refractivity contribution in [3.05, 3.63) is 57.9 Å². The Hall–Kier alpha value is -4.26. The van der Waals surface area contributed by atoms with Gasteiger partial charge in [-0.3, -0.25) is 9.59 Å². The van der Waals surface area contributed by atoms with Crippen LogP contribution in [-0.4, -0.2) is 48.3 Å². The lowest BCUT2D eigenvalue weighted by molar-refractivity contribution is -0.305. The molecule has 2 aromatic carbocycles. The van der Waals surface area contributed by atoms with Crippen molar-refractivity contribution in [2.75, 3.05) is 21.2 Å². The molecule has 0 saturated heterocycles. The summed E-state index contributed by atoms with van der Waals surface area (Å²) >= 11 is 0. The molecule has 2 N–H and O–H groups in total. The van der Waals surface area contributed by atoms with Crippen LogP contribution >= 0.6 is 0 Å². The fraction of sp³-hybridized carbons (Fsp3) is 0.261. The van der Waals surface area contributed by atoms with E-state index in [-0.39, 0.29) is 34.6 Å². The molecule has 0 saturated carbocycles. The first-order chi connectivity index (χ1) is 16.7. The summed E-state index contributed by atoms with van der Waals surface area (Å²) in [7, 11) is 4.78. The van der Waals surface area contributed by atoms with Crippen LogP contribution in [0.5, 0.6) is 23.0 Å². The summed E-state index contributed by atoms with van der Waals surface area (Å²) in [4.78, 5) is 33.2. The molecule has 13 heteroatoms. The van der Waals surface area contributed by atoms with Gasteiger partial charge in [0.25, 0.3) is 5.76 Å². The van der Waals surface area contributed by atoms with Gasteiger partial charge in [-0.05, 0) is 50.5 Å². The number of carbonyl (C=O) groups excluding carboxylic acids is 1. The highest BCUT2D eigenvalue weighted by molar-refractivity contribution is 5.87. The van der Waals surface area contributed by atoms with Gasteiger partial charge in [0.1, 0.15) is 22.8 Å². The number of phenols is 1. The monoisotopic (exact) mass is 512 g/mol. The summed E-state index contributed by atoms with van der Waals surface area (Å²) in [5, 5.41) is 26.9. The lowest BCUT2D eigenvalue weighted by atomic mass is 10.1. The van der Waals surface area contributed by atoms with Gasteiger partial charge in [0, 0.05) is 6.54 Å². The molecule has 0 atom stereocenters. The van der Waals surface area contributed by atoms with E-state index in [0.717, 1.165) is 0 Å². The molecular weight excluding hydrogens is 491 g/mol. The predicted molar refractivity (Wildman–Crippen MR) is 117 cm³/mol. The molecule has 0 bridgehead atoms. The highest BCUT2D eigenvalue weighted by Crippen LogP contribution is 2.40. The Labute approximate surface area is 201 Å². The van der Waals surface area contributed by atoms with Crippen LogP contribution in [0.25, 0.3) is 11.0 Å². The predicted octanol–water partition coefficient (Wildman–Crippen LogP) is 2.59. The minimum absolute atomic E-state index is 0.00948. The molecule has 0 amide bonds. The zero-order chi connectivity index (χ0) is 27.2. The number of carboxylic acid groups (broad SMARTS) is 2. The largest absolute Gasteiger partial charge is 0.550 e. The fourth-order valence-corrected chi connectivity index (χ4v) is 2.92. The van der Waals surface area contributed by atoms with E-state index >= 15 is 0 Å². The Morgan fingerprint density at radius 2 is 1.67 bits per heavy atom. The topological polar surface area (TPSA) is 150 Å². The highest BCUT2D eigenvalue weighted by Gasteiger charge is 2.41. The van der Waals surface area contributed by atoms with Crippen molar-refractivity contribution in [1.82, 2.24) is 4.90 Å². The molecule has 0 aliphatic carbocycles. The smallest absolute Gasteiger partial charge is 0.453 e. The van der Waals surface area contributed by atoms with Gasteiger partial charge in [-0.2, -0.15) is 13.2 Å². The maximum Gasteiger partial charge on any atom is 0.453 e. The van der Waals surface area contributed by atoms with Crippen LogP contribution in [0.4, 0.5) is 13.2 Å². The Morgan fingerprint density at radius 3 is 2.11 bits per heavy atom. The quantitative estimate of drug-likeness (QED) is 0.452. The number of aromatic hydroxyl groups is 1. The Morgan fingerprint density at radius 1 is 1.08 bits per heavy atom. The van der Waals surface area contributed by atoms with E-state index in [1.165, 1.54) is 43.5 Å². The van der Waals surface area contributed by atoms with Gasteiger partial charge in [0.2, 0.25) is 11.2 Å². The molecule has 3 rings (SSSR count). The Balaban J connectivity index is 0.000000572. The molecule has 0 aliphatic heterocycles. The maximum atomic E-state index is 13.7. The van der Waals surface area contributed by atoms with Crippen LogP contribution in [0.2, 0.25) is 0 Å². The molecule has 3 aromatic rings. The number of carbonyl (C=O) groups is 2. The first kappa shape index (κ1) is 28.0. The van der Waals surface area contributed by atoms with E-state index in [9.17, 15) is 37.8 Å². The van der Waals surface area contributed by atoms with E-state index in [1.807, 2.05) is 0 Å². The number of alkyl halides is 3. The van der Waals surface area contributed by atoms with E-state index < -0.39 is 41.5 Å². The summed E-state index contributed by atoms with van der Waals surface area (Å²) in [6, 6.07) is 8.16. The second-order valence-corrected chi connectivity index (χ2v) is 7.49.